The summed E-state index contributed by atoms with van der Waals surface area (Å²) in [6, 6.07) is 20.0. The summed E-state index contributed by atoms with van der Waals surface area (Å²) in [5.41, 5.74) is 2.24. The van der Waals surface area contributed by atoms with E-state index in [0.29, 0.717) is 19.5 Å². The largest absolute Gasteiger partial charge is 0.411 e. The maximum atomic E-state index is 12.8. The summed E-state index contributed by atoms with van der Waals surface area (Å²) < 4.78 is 41.0. The number of nitrogens with zero attached hydrogens (tertiary/aromatic N) is 2. The van der Waals surface area contributed by atoms with Crippen LogP contribution in [-0.2, 0) is 16.0 Å². The van der Waals surface area contributed by atoms with Gasteiger partial charge in [-0.25, -0.2) is 0 Å². The summed E-state index contributed by atoms with van der Waals surface area (Å²) in [5, 5.41) is 3.20. The van der Waals surface area contributed by atoms with Gasteiger partial charge in [0.05, 0.1) is 12.6 Å². The van der Waals surface area contributed by atoms with Gasteiger partial charge < -0.3 is 15.0 Å². The van der Waals surface area contributed by atoms with E-state index in [1.807, 2.05) is 48.5 Å². The number of carbonyl (C=O) groups is 1. The summed E-state index contributed by atoms with van der Waals surface area (Å²) >= 11 is 0. The fourth-order valence-electron chi connectivity index (χ4n) is 3.98. The van der Waals surface area contributed by atoms with Crippen molar-refractivity contribution >= 4 is 5.91 Å². The molecule has 1 saturated heterocycles. The second kappa shape index (κ2) is 12.7. The molecule has 0 aliphatic carbocycles. The van der Waals surface area contributed by atoms with E-state index >= 15 is 0 Å². The molecule has 1 aliphatic rings. The molecule has 0 spiro atoms. The van der Waals surface area contributed by atoms with Crippen LogP contribution in [0.25, 0.3) is 0 Å². The van der Waals surface area contributed by atoms with Crippen molar-refractivity contribution in [1.82, 2.24) is 15.1 Å². The number of nitrogens with one attached hydrogen (secondary N) is 1. The number of amides is 1. The number of rotatable bonds is 11. The number of piperazine rings is 1. The molecule has 0 radical (unpaired) electrons. The van der Waals surface area contributed by atoms with Gasteiger partial charge in [-0.15, -0.1) is 0 Å². The standard InChI is InChI=1S/C25H32F3N3O2/c26-25(27,28)20-33-17-7-12-30-13-15-31(16-14-30)19-24(32)29-23(22-10-5-2-6-11-22)18-21-8-3-1-4-9-21/h1-6,8-11,23H,7,12-20H2,(H,29,32). The van der Waals surface area contributed by atoms with E-state index in [4.69, 9.17) is 0 Å². The Labute approximate surface area is 193 Å². The topological polar surface area (TPSA) is 44.8 Å². The Bertz CT molecular complexity index is 826. The maximum Gasteiger partial charge on any atom is 0.411 e. The highest BCUT2D eigenvalue weighted by atomic mass is 19.4. The van der Waals surface area contributed by atoms with E-state index < -0.39 is 12.8 Å². The van der Waals surface area contributed by atoms with Crippen LogP contribution in [0, 0.1) is 0 Å². The third-order valence-electron chi connectivity index (χ3n) is 5.68. The van der Waals surface area contributed by atoms with Gasteiger partial charge in [0, 0.05) is 39.3 Å². The number of hydrogen-bond acceptors (Lipinski definition) is 4. The van der Waals surface area contributed by atoms with Crippen molar-refractivity contribution in [3.05, 3.63) is 71.8 Å². The Morgan fingerprint density at radius 3 is 2.18 bits per heavy atom. The fourth-order valence-corrected chi connectivity index (χ4v) is 3.98. The highest BCUT2D eigenvalue weighted by Crippen LogP contribution is 2.18. The zero-order valence-electron chi connectivity index (χ0n) is 18.8. The quantitative estimate of drug-likeness (QED) is 0.517. The van der Waals surface area contributed by atoms with Crippen molar-refractivity contribution in [2.24, 2.45) is 0 Å². The fraction of sp³-hybridized carbons (Fsp3) is 0.480. The van der Waals surface area contributed by atoms with Crippen molar-refractivity contribution in [3.63, 3.8) is 0 Å². The number of alkyl halides is 3. The summed E-state index contributed by atoms with van der Waals surface area (Å²) in [5.74, 6) is -0.00575. The lowest BCUT2D eigenvalue weighted by Gasteiger charge is -2.34. The normalized spacial score (nSPS) is 16.5. The van der Waals surface area contributed by atoms with Crippen LogP contribution in [0.15, 0.2) is 60.7 Å². The molecule has 180 valence electrons. The van der Waals surface area contributed by atoms with Crippen LogP contribution >= 0.6 is 0 Å². The molecule has 2 aromatic carbocycles. The highest BCUT2D eigenvalue weighted by Gasteiger charge is 2.27. The van der Waals surface area contributed by atoms with Crippen LogP contribution in [0.4, 0.5) is 13.2 Å². The summed E-state index contributed by atoms with van der Waals surface area (Å²) in [7, 11) is 0. The van der Waals surface area contributed by atoms with Gasteiger partial charge in [-0.3, -0.25) is 9.69 Å². The van der Waals surface area contributed by atoms with E-state index in [1.165, 1.54) is 5.56 Å². The molecule has 1 atom stereocenters. The maximum absolute atomic E-state index is 12.8. The minimum absolute atomic E-state index is 0.00575. The molecular weight excluding hydrogens is 431 g/mol. The van der Waals surface area contributed by atoms with Gasteiger partial charge in [0.1, 0.15) is 6.61 Å². The lowest BCUT2D eigenvalue weighted by molar-refractivity contribution is -0.174. The molecule has 0 bridgehead atoms. The number of ether oxygens (including phenoxy) is 1. The second-order valence-electron chi connectivity index (χ2n) is 8.36. The molecular formula is C25H32F3N3O2. The molecule has 0 saturated carbocycles. The number of halogens is 3. The van der Waals surface area contributed by atoms with Crippen LogP contribution in [0.5, 0.6) is 0 Å². The van der Waals surface area contributed by atoms with Crippen molar-refractivity contribution in [3.8, 4) is 0 Å². The minimum atomic E-state index is -4.27. The second-order valence-corrected chi connectivity index (χ2v) is 8.36. The van der Waals surface area contributed by atoms with Crippen LogP contribution in [0.1, 0.15) is 23.6 Å². The first-order chi connectivity index (χ1) is 15.9. The first kappa shape index (κ1) is 25.2. The van der Waals surface area contributed by atoms with Crippen LogP contribution in [-0.4, -0.2) is 74.4 Å². The van der Waals surface area contributed by atoms with Crippen molar-refractivity contribution in [1.29, 1.82) is 0 Å². The van der Waals surface area contributed by atoms with E-state index in [1.54, 1.807) is 0 Å². The van der Waals surface area contributed by atoms with E-state index in [-0.39, 0.29) is 18.6 Å². The Hall–Kier alpha value is -2.42. The zero-order valence-corrected chi connectivity index (χ0v) is 18.8. The van der Waals surface area contributed by atoms with Gasteiger partial charge in [0.2, 0.25) is 5.91 Å². The molecule has 1 unspecified atom stereocenters. The van der Waals surface area contributed by atoms with E-state index in [9.17, 15) is 18.0 Å². The van der Waals surface area contributed by atoms with Crippen molar-refractivity contribution < 1.29 is 22.7 Å². The average Bonchev–Trinajstić information content (AvgIpc) is 2.80. The van der Waals surface area contributed by atoms with Gasteiger partial charge in [-0.1, -0.05) is 60.7 Å². The Balaban J connectivity index is 1.41. The molecule has 8 heteroatoms. The first-order valence-electron chi connectivity index (χ1n) is 11.4. The van der Waals surface area contributed by atoms with Gasteiger partial charge in [-0.05, 0) is 24.0 Å². The van der Waals surface area contributed by atoms with Crippen molar-refractivity contribution in [2.75, 3.05) is 52.5 Å². The summed E-state index contributed by atoms with van der Waals surface area (Å²) in [4.78, 5) is 17.1. The van der Waals surface area contributed by atoms with E-state index in [2.05, 4.69) is 32.0 Å². The molecule has 33 heavy (non-hydrogen) atoms. The van der Waals surface area contributed by atoms with Gasteiger partial charge in [0.25, 0.3) is 0 Å². The predicted molar refractivity (Wildman–Crippen MR) is 122 cm³/mol. The van der Waals surface area contributed by atoms with Gasteiger partial charge >= 0.3 is 6.18 Å². The Morgan fingerprint density at radius 2 is 1.55 bits per heavy atom. The SMILES string of the molecule is O=C(CN1CCN(CCCOCC(F)(F)F)CC1)NC(Cc1ccccc1)c1ccccc1. The summed E-state index contributed by atoms with van der Waals surface area (Å²) in [6.07, 6.45) is -2.98. The van der Waals surface area contributed by atoms with Gasteiger partial charge in [-0.2, -0.15) is 13.2 Å². The predicted octanol–water partition coefficient (Wildman–Crippen LogP) is 3.67. The Kier molecular flexibility index (Phi) is 9.72. The summed E-state index contributed by atoms with van der Waals surface area (Å²) in [6.45, 7) is 3.04. The Morgan fingerprint density at radius 1 is 0.939 bits per heavy atom. The van der Waals surface area contributed by atoms with E-state index in [0.717, 1.165) is 38.2 Å². The molecule has 5 nitrogen and oxygen atoms in total. The highest BCUT2D eigenvalue weighted by molar-refractivity contribution is 5.78. The number of hydrogen-bond donors (Lipinski definition) is 1. The van der Waals surface area contributed by atoms with Crippen LogP contribution in [0.3, 0.4) is 0 Å². The van der Waals surface area contributed by atoms with Gasteiger partial charge in [0.15, 0.2) is 0 Å². The molecule has 0 aromatic heterocycles. The van der Waals surface area contributed by atoms with Crippen LogP contribution in [0.2, 0.25) is 0 Å². The lowest BCUT2D eigenvalue weighted by atomic mass is 9.99. The third kappa shape index (κ3) is 9.53. The molecule has 1 N–H and O–H groups in total. The molecule has 2 aromatic rings. The zero-order chi connectivity index (χ0) is 23.5. The number of carbonyl (C=O) groups excluding carboxylic acids is 1. The monoisotopic (exact) mass is 463 g/mol. The molecule has 1 fully saturated rings. The van der Waals surface area contributed by atoms with Crippen LogP contribution < -0.4 is 5.32 Å². The lowest BCUT2D eigenvalue weighted by Crippen LogP contribution is -2.50. The first-order valence-corrected chi connectivity index (χ1v) is 11.4. The third-order valence-corrected chi connectivity index (χ3v) is 5.68. The molecule has 1 amide bonds. The molecule has 1 aliphatic heterocycles. The average molecular weight is 464 g/mol. The molecule has 3 rings (SSSR count). The van der Waals surface area contributed by atoms with Crippen molar-refractivity contribution in [2.45, 2.75) is 25.1 Å². The molecule has 1 heterocycles. The smallest absolute Gasteiger partial charge is 0.372 e. The number of benzene rings is 2. The minimum Gasteiger partial charge on any atom is -0.372 e.